The van der Waals surface area contributed by atoms with Crippen molar-refractivity contribution in [3.63, 3.8) is 0 Å². The van der Waals surface area contributed by atoms with E-state index in [1.807, 2.05) is 0 Å². The normalized spacial score (nSPS) is 13.3. The topological polar surface area (TPSA) is 9.23 Å². The van der Waals surface area contributed by atoms with Crippen molar-refractivity contribution < 1.29 is 31.1 Å². The summed E-state index contributed by atoms with van der Waals surface area (Å²) in [6.07, 6.45) is -8.67. The van der Waals surface area contributed by atoms with Crippen molar-refractivity contribution >= 4 is 0 Å². The molecule has 0 fully saturated rings. The first kappa shape index (κ1) is 18.5. The quantitative estimate of drug-likeness (QED) is 0.417. The molecule has 0 rings (SSSR count). The Labute approximate surface area is 109 Å². The maximum atomic E-state index is 12.1. The van der Waals surface area contributed by atoms with Gasteiger partial charge in [0.05, 0.1) is 0 Å². The SMILES string of the molecule is CCCCCCCCCOC(C(F)(F)F)C(F)(F)F. The van der Waals surface area contributed by atoms with Crippen LogP contribution in [0.1, 0.15) is 51.9 Å². The maximum absolute atomic E-state index is 12.1. The fourth-order valence-electron chi connectivity index (χ4n) is 1.63. The van der Waals surface area contributed by atoms with Crippen molar-refractivity contribution in [2.75, 3.05) is 6.61 Å². The van der Waals surface area contributed by atoms with Crippen LogP contribution in [0.3, 0.4) is 0 Å². The van der Waals surface area contributed by atoms with Gasteiger partial charge in [-0.25, -0.2) is 0 Å². The van der Waals surface area contributed by atoms with Gasteiger partial charge in [-0.2, -0.15) is 26.3 Å². The summed E-state index contributed by atoms with van der Waals surface area (Å²) in [6, 6.07) is 0. The summed E-state index contributed by atoms with van der Waals surface area (Å²) in [5.41, 5.74) is 0. The molecule has 0 spiro atoms. The number of hydrogen-bond donors (Lipinski definition) is 0. The van der Waals surface area contributed by atoms with E-state index in [4.69, 9.17) is 0 Å². The molecule has 0 N–H and O–H groups in total. The van der Waals surface area contributed by atoms with Crippen LogP contribution in [0.2, 0.25) is 0 Å². The van der Waals surface area contributed by atoms with E-state index in [-0.39, 0.29) is 6.42 Å². The van der Waals surface area contributed by atoms with E-state index in [1.54, 1.807) is 0 Å². The summed E-state index contributed by atoms with van der Waals surface area (Å²) < 4.78 is 76.5. The lowest BCUT2D eigenvalue weighted by molar-refractivity contribution is -0.321. The van der Waals surface area contributed by atoms with Crippen LogP contribution in [0.5, 0.6) is 0 Å². The molecule has 0 saturated heterocycles. The molecular weight excluding hydrogens is 274 g/mol. The minimum Gasteiger partial charge on any atom is -0.361 e. The molecule has 1 nitrogen and oxygen atoms in total. The zero-order valence-electron chi connectivity index (χ0n) is 10.9. The van der Waals surface area contributed by atoms with Gasteiger partial charge >= 0.3 is 12.4 Å². The third-order valence-corrected chi connectivity index (χ3v) is 2.63. The Morgan fingerprint density at radius 2 is 1.16 bits per heavy atom. The minimum absolute atomic E-state index is 0.217. The average Bonchev–Trinajstić information content (AvgIpc) is 2.23. The van der Waals surface area contributed by atoms with Crippen LogP contribution < -0.4 is 0 Å². The first-order chi connectivity index (χ1) is 8.69. The summed E-state index contributed by atoms with van der Waals surface area (Å²) in [5, 5.41) is 0. The number of hydrogen-bond acceptors (Lipinski definition) is 1. The second kappa shape index (κ2) is 8.66. The van der Waals surface area contributed by atoms with Gasteiger partial charge in [-0.05, 0) is 6.42 Å². The molecule has 116 valence electrons. The Morgan fingerprint density at radius 3 is 1.58 bits per heavy atom. The van der Waals surface area contributed by atoms with Crippen molar-refractivity contribution in [1.29, 1.82) is 0 Å². The van der Waals surface area contributed by atoms with E-state index < -0.39 is 25.1 Å². The lowest BCUT2D eigenvalue weighted by atomic mass is 10.1. The monoisotopic (exact) mass is 294 g/mol. The average molecular weight is 294 g/mol. The van der Waals surface area contributed by atoms with E-state index in [1.165, 1.54) is 0 Å². The molecule has 0 heterocycles. The van der Waals surface area contributed by atoms with Crippen LogP contribution in [-0.4, -0.2) is 25.1 Å². The number of unbranched alkanes of at least 4 members (excludes halogenated alkanes) is 6. The van der Waals surface area contributed by atoms with E-state index in [0.717, 1.165) is 32.1 Å². The molecule has 0 aliphatic heterocycles. The van der Waals surface area contributed by atoms with Crippen molar-refractivity contribution in [3.8, 4) is 0 Å². The van der Waals surface area contributed by atoms with Gasteiger partial charge in [0.1, 0.15) is 0 Å². The lowest BCUT2D eigenvalue weighted by Crippen LogP contribution is -2.44. The highest BCUT2D eigenvalue weighted by Crippen LogP contribution is 2.35. The number of halogens is 6. The van der Waals surface area contributed by atoms with Crippen LogP contribution in [0.4, 0.5) is 26.3 Å². The Morgan fingerprint density at radius 1 is 0.737 bits per heavy atom. The molecule has 0 aliphatic rings. The summed E-state index contributed by atoms with van der Waals surface area (Å²) in [5.74, 6) is 0. The molecule has 0 unspecified atom stereocenters. The number of rotatable bonds is 9. The van der Waals surface area contributed by atoms with E-state index in [9.17, 15) is 26.3 Å². The molecule has 0 radical (unpaired) electrons. The fraction of sp³-hybridized carbons (Fsp3) is 1.00. The van der Waals surface area contributed by atoms with Crippen molar-refractivity contribution in [2.45, 2.75) is 70.3 Å². The minimum atomic E-state index is -5.40. The van der Waals surface area contributed by atoms with E-state index in [0.29, 0.717) is 6.42 Å². The lowest BCUT2D eigenvalue weighted by Gasteiger charge is -2.23. The molecule has 19 heavy (non-hydrogen) atoms. The van der Waals surface area contributed by atoms with Gasteiger partial charge in [-0.3, -0.25) is 0 Å². The van der Waals surface area contributed by atoms with Gasteiger partial charge < -0.3 is 4.74 Å². The fourth-order valence-corrected chi connectivity index (χ4v) is 1.63. The highest BCUT2D eigenvalue weighted by molar-refractivity contribution is 4.75. The predicted molar refractivity (Wildman–Crippen MR) is 59.8 cm³/mol. The Kier molecular flexibility index (Phi) is 8.45. The first-order valence-electron chi connectivity index (χ1n) is 6.44. The Hall–Kier alpha value is -0.460. The largest absolute Gasteiger partial charge is 0.423 e. The Balaban J connectivity index is 3.78. The van der Waals surface area contributed by atoms with Gasteiger partial charge in [0, 0.05) is 6.61 Å². The van der Waals surface area contributed by atoms with Crippen molar-refractivity contribution in [2.24, 2.45) is 0 Å². The zero-order chi connectivity index (χ0) is 14.9. The van der Waals surface area contributed by atoms with Crippen molar-refractivity contribution in [3.05, 3.63) is 0 Å². The molecule has 0 aromatic carbocycles. The van der Waals surface area contributed by atoms with Gasteiger partial charge in [0.15, 0.2) is 0 Å². The standard InChI is InChI=1S/C12H20F6O/c1-2-3-4-5-6-7-8-9-19-10(11(13,14)15)12(16,17)18/h10H,2-9H2,1H3. The molecule has 0 saturated carbocycles. The van der Waals surface area contributed by atoms with Gasteiger partial charge in [-0.15, -0.1) is 0 Å². The number of ether oxygens (including phenoxy) is 1. The predicted octanol–water partition coefficient (Wildman–Crippen LogP) is 5.25. The second-order valence-electron chi connectivity index (χ2n) is 4.46. The van der Waals surface area contributed by atoms with Crippen LogP contribution >= 0.6 is 0 Å². The molecular formula is C12H20F6O. The van der Waals surface area contributed by atoms with Gasteiger partial charge in [0.25, 0.3) is 0 Å². The smallest absolute Gasteiger partial charge is 0.361 e. The molecule has 0 aromatic heterocycles. The molecule has 0 aliphatic carbocycles. The van der Waals surface area contributed by atoms with E-state index >= 15 is 0 Å². The molecule has 0 bridgehead atoms. The molecule has 0 aromatic rings. The Bertz CT molecular complexity index is 209. The summed E-state index contributed by atoms with van der Waals surface area (Å²) in [7, 11) is 0. The third-order valence-electron chi connectivity index (χ3n) is 2.63. The van der Waals surface area contributed by atoms with E-state index in [2.05, 4.69) is 11.7 Å². The molecule has 7 heteroatoms. The van der Waals surface area contributed by atoms with Gasteiger partial charge in [-0.1, -0.05) is 45.4 Å². The zero-order valence-corrected chi connectivity index (χ0v) is 10.9. The third kappa shape index (κ3) is 9.13. The summed E-state index contributed by atoms with van der Waals surface area (Å²) in [4.78, 5) is 0. The second-order valence-corrected chi connectivity index (χ2v) is 4.46. The highest BCUT2D eigenvalue weighted by Gasteiger charge is 2.57. The first-order valence-corrected chi connectivity index (χ1v) is 6.44. The molecule has 0 amide bonds. The summed E-state index contributed by atoms with van der Waals surface area (Å²) >= 11 is 0. The van der Waals surface area contributed by atoms with Crippen molar-refractivity contribution in [1.82, 2.24) is 0 Å². The maximum Gasteiger partial charge on any atom is 0.423 e. The van der Waals surface area contributed by atoms with Gasteiger partial charge in [0.2, 0.25) is 6.10 Å². The number of alkyl halides is 6. The highest BCUT2D eigenvalue weighted by atomic mass is 19.4. The summed E-state index contributed by atoms with van der Waals surface area (Å²) in [6.45, 7) is 1.54. The van der Waals surface area contributed by atoms with Crippen LogP contribution in [0, 0.1) is 0 Å². The molecule has 0 atom stereocenters. The van der Waals surface area contributed by atoms with Crippen LogP contribution in [0.25, 0.3) is 0 Å². The van der Waals surface area contributed by atoms with Crippen LogP contribution in [-0.2, 0) is 4.74 Å². The van der Waals surface area contributed by atoms with Crippen LogP contribution in [0.15, 0.2) is 0 Å².